The number of β-lactam (4-membered cyclic amide) rings is 4. The molecule has 20 N–H and O–H groups in total. The lowest BCUT2D eigenvalue weighted by molar-refractivity contribution is -0.161. The van der Waals surface area contributed by atoms with E-state index in [1.165, 1.54) is 105 Å². The number of thiazole rings is 4. The Morgan fingerprint density at radius 2 is 0.518 bits per heavy atom. The van der Waals surface area contributed by atoms with Crippen molar-refractivity contribution in [2.75, 3.05) is 22.9 Å². The third kappa shape index (κ3) is 21.7. The summed E-state index contributed by atoms with van der Waals surface area (Å²) >= 11 is 3.92. The molecule has 0 aliphatic carbocycles. The van der Waals surface area contributed by atoms with Crippen LogP contribution in [0.3, 0.4) is 0 Å². The number of carboxylic acid groups (broad SMARTS) is 4. The number of hydrogen-bond acceptors (Lipinski definition) is 40. The van der Waals surface area contributed by atoms with Gasteiger partial charge in [-0.15, -0.1) is 45.3 Å². The van der Waals surface area contributed by atoms with Gasteiger partial charge in [-0.3, -0.25) is 56.6 Å². The number of hydrogen-bond donors (Lipinski definition) is 16. The van der Waals surface area contributed by atoms with Crippen LogP contribution in [0, 0.1) is 0 Å². The van der Waals surface area contributed by atoms with Crippen LogP contribution in [0.25, 0.3) is 0 Å². The van der Waals surface area contributed by atoms with Gasteiger partial charge in [0.05, 0.1) is 24.2 Å². The van der Waals surface area contributed by atoms with Crippen LogP contribution < -0.4 is 44.2 Å². The van der Waals surface area contributed by atoms with Gasteiger partial charge in [0, 0.05) is 21.5 Å². The highest BCUT2D eigenvalue weighted by atomic mass is 32.2. The minimum absolute atomic E-state index is 0.0350. The van der Waals surface area contributed by atoms with E-state index in [1.54, 1.807) is 0 Å². The topological polar surface area (TPSA) is 806 Å². The van der Waals surface area contributed by atoms with Crippen LogP contribution >= 0.6 is 45.3 Å². The van der Waals surface area contributed by atoms with E-state index < -0.39 is 206 Å². The fourth-order valence-electron chi connectivity index (χ4n) is 8.45. The molecule has 8 atom stereocenters. The Labute approximate surface area is 646 Å². The summed E-state index contributed by atoms with van der Waals surface area (Å²) in [5.41, 5.74) is 13.0. The molecule has 4 aliphatic rings. The lowest BCUT2D eigenvalue weighted by atomic mass is 10.0. The highest BCUT2D eigenvalue weighted by Crippen LogP contribution is 2.29. The zero-order valence-corrected chi connectivity index (χ0v) is 65.8. The number of aliphatic carboxylic acids is 4. The Kier molecular flexibility index (Phi) is 28.0. The predicted octanol–water partition coefficient (Wildman–Crippen LogP) is -4.69. The number of nitrogen functional groups attached to an aromatic ring is 4. The molecule has 52 nitrogen and oxygen atoms in total. The molecule has 4 saturated heterocycles. The molecule has 0 aromatic carbocycles. The van der Waals surface area contributed by atoms with Gasteiger partial charge in [0.1, 0.15) is 46.9 Å². The molecule has 4 fully saturated rings. The van der Waals surface area contributed by atoms with Crippen molar-refractivity contribution in [3.8, 4) is 0 Å². The van der Waals surface area contributed by atoms with E-state index in [4.69, 9.17) is 80.9 Å². The van der Waals surface area contributed by atoms with Crippen molar-refractivity contribution < 1.29 is 149 Å². The summed E-state index contributed by atoms with van der Waals surface area (Å²) in [6.45, 7) is 14.8. The molecule has 0 radical (unpaired) electrons. The van der Waals surface area contributed by atoms with Gasteiger partial charge in [-0.25, -0.2) is 56.3 Å². The Hall–Kier alpha value is -11.1. The first-order valence-electron chi connectivity index (χ1n) is 30.3. The van der Waals surface area contributed by atoms with E-state index in [0.717, 1.165) is 45.3 Å². The summed E-state index contributed by atoms with van der Waals surface area (Å²) in [5, 5.41) is 65.3. The Balaban J connectivity index is 0.000000267. The van der Waals surface area contributed by atoms with Crippen LogP contribution in [0.5, 0.6) is 0 Å². The second kappa shape index (κ2) is 34.2. The molecule has 0 spiro atoms. The molecule has 4 aliphatic heterocycles. The summed E-state index contributed by atoms with van der Waals surface area (Å²) in [5.74, 6) is -13.5. The van der Waals surface area contributed by atoms with Crippen LogP contribution in [-0.2, 0) is 118 Å². The summed E-state index contributed by atoms with van der Waals surface area (Å²) in [7, 11) is -19.0. The monoisotopic (exact) mass is 1740 g/mol. The number of oxime groups is 4. The lowest BCUT2D eigenvalue weighted by Gasteiger charge is -2.42. The van der Waals surface area contributed by atoms with E-state index in [2.05, 4.69) is 61.8 Å². The summed E-state index contributed by atoms with van der Waals surface area (Å²) in [4.78, 5) is 178. The smallest absolute Gasteiger partial charge is 0.362 e. The number of carbonyl (C=O) groups excluding carboxylic acids is 8. The lowest BCUT2D eigenvalue weighted by Crippen LogP contribution is -2.71. The van der Waals surface area contributed by atoms with Crippen molar-refractivity contribution in [2.45, 2.75) is 154 Å². The van der Waals surface area contributed by atoms with Crippen LogP contribution in [0.1, 0.15) is 106 Å². The van der Waals surface area contributed by atoms with Crippen molar-refractivity contribution in [3.63, 3.8) is 0 Å². The van der Waals surface area contributed by atoms with E-state index in [0.29, 0.717) is 0 Å². The molecular weight excluding hydrogens is 1670 g/mol. The van der Waals surface area contributed by atoms with E-state index in [-0.39, 0.29) is 60.5 Å². The fourth-order valence-corrected chi connectivity index (χ4v) is 14.2. The van der Waals surface area contributed by atoms with Gasteiger partial charge < -0.3 is 84.0 Å². The normalized spacial score (nSPS) is 20.5. The van der Waals surface area contributed by atoms with E-state index >= 15 is 0 Å². The molecule has 112 heavy (non-hydrogen) atoms. The van der Waals surface area contributed by atoms with Gasteiger partial charge >= 0.3 is 65.1 Å². The standard InChI is InChI=1S/4C13H17N5O8S2/c4*1-5-7(10(20)18(5)28(23,24)25)16-9(19)8(6-4-27-12(14)15-6)17-26-13(2,3)11(21)22/h4*4-5,7H,1-3H3,(H2,14,15)(H,16,19)(H,21,22)(H,23,24,25)/b4*17-8-/t4*5-,7-/m0000/s1. The molecule has 0 unspecified atom stereocenters. The third-order valence-corrected chi connectivity index (χ3v) is 21.7. The SMILES string of the molecule is C[C@H]1[C@H](NC(=O)/C(=N\OC(C)(C)C(=O)O)c2csc(N)n2)C(=O)N1S(=O)(=O)O.C[C@H]1[C@H](NC(=O)/C(=N\OC(C)(C)C(=O)O)c2csc(N)n2)C(=O)N1S(=O)(=O)O.C[C@H]1[C@H](NC(=O)/C(=N\OC(C)(C)C(=O)O)c2csc(N)n2)C(=O)N1S(=O)(=O)O.C[C@H]1[C@H](NC(=O)/C(=N\OC(C)(C)C(=O)O)c2csc(N)n2)C(=O)N1S(=O)(=O)O. The number of amides is 8. The van der Waals surface area contributed by atoms with E-state index in [1.807, 2.05) is 0 Å². The van der Waals surface area contributed by atoms with Crippen molar-refractivity contribution in [1.29, 1.82) is 0 Å². The second-order valence-corrected chi connectivity index (χ2v) is 33.6. The van der Waals surface area contributed by atoms with Crippen molar-refractivity contribution in [3.05, 3.63) is 44.3 Å². The highest BCUT2D eigenvalue weighted by molar-refractivity contribution is 7.85. The first-order chi connectivity index (χ1) is 51.0. The van der Waals surface area contributed by atoms with Gasteiger partial charge in [-0.1, -0.05) is 20.6 Å². The maximum atomic E-state index is 12.6. The largest absolute Gasteiger partial charge is 0.478 e. The Morgan fingerprint density at radius 1 is 0.366 bits per heavy atom. The number of anilines is 4. The first kappa shape index (κ1) is 91.5. The van der Waals surface area contributed by atoms with Crippen LogP contribution in [-0.4, -0.2) is 274 Å². The van der Waals surface area contributed by atoms with Gasteiger partial charge in [0.25, 0.3) is 47.3 Å². The van der Waals surface area contributed by atoms with Gasteiger partial charge in [0.2, 0.25) is 22.4 Å². The van der Waals surface area contributed by atoms with Gasteiger partial charge in [0.15, 0.2) is 43.4 Å². The highest BCUT2D eigenvalue weighted by Gasteiger charge is 2.55. The minimum atomic E-state index is -4.76. The van der Waals surface area contributed by atoms with Crippen LogP contribution in [0.2, 0.25) is 0 Å². The maximum Gasteiger partial charge on any atom is 0.362 e. The Morgan fingerprint density at radius 3 is 0.625 bits per heavy atom. The number of nitrogens with two attached hydrogens (primary N) is 4. The molecule has 60 heteroatoms. The molecule has 8 heterocycles. The zero-order valence-electron chi connectivity index (χ0n) is 59.2. The maximum absolute atomic E-state index is 12.6. The van der Waals surface area contributed by atoms with Crippen molar-refractivity contribution in [1.82, 2.24) is 58.4 Å². The molecule has 4 aromatic rings. The number of aromatic nitrogens is 4. The summed E-state index contributed by atoms with van der Waals surface area (Å²) in [6.07, 6.45) is 0. The van der Waals surface area contributed by atoms with Crippen LogP contribution in [0.4, 0.5) is 20.5 Å². The third-order valence-electron chi connectivity index (χ3n) is 14.9. The molecule has 0 saturated carbocycles. The minimum Gasteiger partial charge on any atom is -0.478 e. The zero-order chi connectivity index (χ0) is 85.8. The average Bonchev–Trinajstić information content (AvgIpc) is 0.889. The number of nitrogens with one attached hydrogen (secondary N) is 4. The van der Waals surface area contributed by atoms with E-state index in [9.17, 15) is 91.2 Å². The van der Waals surface area contributed by atoms with Crippen LogP contribution in [0.15, 0.2) is 42.1 Å². The van der Waals surface area contributed by atoms with Gasteiger partial charge in [-0.05, 0) is 83.1 Å². The van der Waals surface area contributed by atoms with Crippen molar-refractivity contribution >= 4 is 201 Å². The number of carboxylic acids is 4. The molecule has 8 rings (SSSR count). The molecule has 616 valence electrons. The molecule has 0 bridgehead atoms. The quantitative estimate of drug-likeness (QED) is 0.0110. The molecule has 4 aromatic heterocycles. The number of nitrogens with zero attached hydrogens (tertiary/aromatic N) is 12. The fraction of sp³-hybridized carbons (Fsp3) is 0.462. The Bertz CT molecular complexity index is 4430. The van der Waals surface area contributed by atoms with Gasteiger partial charge in [-0.2, -0.15) is 33.7 Å². The second-order valence-electron chi connectivity index (χ2n) is 24.9. The molecule has 8 amide bonds. The average molecular weight is 1740 g/mol. The first-order valence-corrected chi connectivity index (χ1v) is 39.4. The number of rotatable bonds is 28. The summed E-state index contributed by atoms with van der Waals surface area (Å²) in [6, 6.07) is -9.25. The predicted molar refractivity (Wildman–Crippen MR) is 383 cm³/mol. The van der Waals surface area contributed by atoms with Crippen molar-refractivity contribution in [2.24, 2.45) is 20.6 Å². The molecular formula is C52H68N20O32S8. The number of carbonyl (C=O) groups is 12. The summed E-state index contributed by atoms with van der Waals surface area (Å²) < 4.78 is 126.